The van der Waals surface area contributed by atoms with Gasteiger partial charge in [-0.3, -0.25) is 14.4 Å². The molecule has 0 atom stereocenters. The zero-order valence-electron chi connectivity index (χ0n) is 19.2. The smallest absolute Gasteiger partial charge is 0.253 e. The second-order valence-corrected chi connectivity index (χ2v) is 7.54. The molecule has 0 fully saturated rings. The van der Waals surface area contributed by atoms with Crippen LogP contribution in [0.4, 0.5) is 17.1 Å². The average molecular weight is 439 g/mol. The molecule has 0 saturated carbocycles. The molecule has 0 radical (unpaired) electrons. The standard InChI is InChI=1S/C25H34N4O3/c1-4-7-8-12-23(30)28-22-11-9-10-21(17-22)26-18-24(31)27-20-15-13-19(14-16-20)25(32)29(5-2)6-3/h9-11,13-17,26H,4-8,12,18H2,1-3H3,(H,27,31)(H,28,30). The average Bonchev–Trinajstić information content (AvgIpc) is 2.79. The van der Waals surface area contributed by atoms with E-state index in [1.165, 1.54) is 0 Å². The van der Waals surface area contributed by atoms with E-state index in [1.807, 2.05) is 32.0 Å². The summed E-state index contributed by atoms with van der Waals surface area (Å²) in [6.07, 6.45) is 3.50. The third-order valence-electron chi connectivity index (χ3n) is 5.07. The van der Waals surface area contributed by atoms with Gasteiger partial charge in [-0.1, -0.05) is 25.8 Å². The fraction of sp³-hybridized carbons (Fsp3) is 0.400. The van der Waals surface area contributed by atoms with Gasteiger partial charge in [-0.05, 0) is 62.7 Å². The maximum absolute atomic E-state index is 12.4. The Balaban J connectivity index is 1.84. The Hall–Kier alpha value is -3.35. The number of carbonyl (C=O) groups is 3. The van der Waals surface area contributed by atoms with E-state index >= 15 is 0 Å². The van der Waals surface area contributed by atoms with Crippen molar-refractivity contribution in [2.75, 3.05) is 35.6 Å². The zero-order valence-corrected chi connectivity index (χ0v) is 19.2. The Morgan fingerprint density at radius 3 is 2.09 bits per heavy atom. The Kier molecular flexibility index (Phi) is 10.2. The van der Waals surface area contributed by atoms with Crippen LogP contribution in [-0.4, -0.2) is 42.3 Å². The lowest BCUT2D eigenvalue weighted by Crippen LogP contribution is -2.30. The number of amides is 3. The van der Waals surface area contributed by atoms with Gasteiger partial charge in [0, 0.05) is 42.1 Å². The van der Waals surface area contributed by atoms with Gasteiger partial charge in [0.05, 0.1) is 6.54 Å². The first-order chi connectivity index (χ1) is 15.5. The predicted molar refractivity (Wildman–Crippen MR) is 130 cm³/mol. The summed E-state index contributed by atoms with van der Waals surface area (Å²) in [5.41, 5.74) is 2.66. The third kappa shape index (κ3) is 8.06. The van der Waals surface area contributed by atoms with Crippen LogP contribution in [0.5, 0.6) is 0 Å². The summed E-state index contributed by atoms with van der Waals surface area (Å²) in [5, 5.41) is 8.77. The van der Waals surface area contributed by atoms with Gasteiger partial charge in [0.15, 0.2) is 0 Å². The van der Waals surface area contributed by atoms with E-state index in [4.69, 9.17) is 0 Å². The van der Waals surface area contributed by atoms with Crippen molar-refractivity contribution in [3.05, 3.63) is 54.1 Å². The number of nitrogens with one attached hydrogen (secondary N) is 3. The van der Waals surface area contributed by atoms with Crippen LogP contribution in [0.1, 0.15) is 56.8 Å². The molecule has 7 heteroatoms. The number of rotatable bonds is 12. The Morgan fingerprint density at radius 1 is 0.781 bits per heavy atom. The summed E-state index contributed by atoms with van der Waals surface area (Å²) in [5.74, 6) is -0.232. The van der Waals surface area contributed by atoms with Crippen molar-refractivity contribution in [3.63, 3.8) is 0 Å². The maximum Gasteiger partial charge on any atom is 0.253 e. The molecule has 0 bridgehead atoms. The lowest BCUT2D eigenvalue weighted by Gasteiger charge is -2.18. The molecule has 0 heterocycles. The van der Waals surface area contributed by atoms with E-state index in [2.05, 4.69) is 22.9 Å². The Morgan fingerprint density at radius 2 is 1.44 bits per heavy atom. The zero-order chi connectivity index (χ0) is 23.3. The molecule has 0 saturated heterocycles. The molecule has 3 N–H and O–H groups in total. The number of carbonyl (C=O) groups excluding carboxylic acids is 3. The van der Waals surface area contributed by atoms with Gasteiger partial charge >= 0.3 is 0 Å². The van der Waals surface area contributed by atoms with Gasteiger partial charge in [-0.2, -0.15) is 0 Å². The highest BCUT2D eigenvalue weighted by molar-refractivity contribution is 5.97. The van der Waals surface area contributed by atoms with Crippen molar-refractivity contribution >= 4 is 34.8 Å². The van der Waals surface area contributed by atoms with E-state index in [0.717, 1.165) is 24.9 Å². The third-order valence-corrected chi connectivity index (χ3v) is 5.07. The fourth-order valence-corrected chi connectivity index (χ4v) is 3.24. The molecule has 0 unspecified atom stereocenters. The first-order valence-electron chi connectivity index (χ1n) is 11.3. The molecule has 7 nitrogen and oxygen atoms in total. The van der Waals surface area contributed by atoms with E-state index in [9.17, 15) is 14.4 Å². The van der Waals surface area contributed by atoms with Gasteiger partial charge in [0.1, 0.15) is 0 Å². The highest BCUT2D eigenvalue weighted by Crippen LogP contribution is 2.16. The van der Waals surface area contributed by atoms with Crippen LogP contribution in [0.25, 0.3) is 0 Å². The number of anilines is 3. The molecule has 32 heavy (non-hydrogen) atoms. The molecule has 0 aliphatic rings. The van der Waals surface area contributed by atoms with Crippen LogP contribution in [0, 0.1) is 0 Å². The van der Waals surface area contributed by atoms with Crippen LogP contribution >= 0.6 is 0 Å². The van der Waals surface area contributed by atoms with Gasteiger partial charge in [0.25, 0.3) is 5.91 Å². The van der Waals surface area contributed by atoms with E-state index in [0.29, 0.717) is 36.4 Å². The minimum Gasteiger partial charge on any atom is -0.376 e. The molecule has 0 aromatic heterocycles. The van der Waals surface area contributed by atoms with Crippen LogP contribution in [0.2, 0.25) is 0 Å². The largest absolute Gasteiger partial charge is 0.376 e. The summed E-state index contributed by atoms with van der Waals surface area (Å²) in [7, 11) is 0. The predicted octanol–water partition coefficient (Wildman–Crippen LogP) is 4.74. The van der Waals surface area contributed by atoms with Crippen molar-refractivity contribution in [2.24, 2.45) is 0 Å². The lowest BCUT2D eigenvalue weighted by molar-refractivity contribution is -0.116. The molecular weight excluding hydrogens is 404 g/mol. The van der Waals surface area contributed by atoms with E-state index in [1.54, 1.807) is 35.2 Å². The molecule has 172 valence electrons. The second kappa shape index (κ2) is 13.1. The summed E-state index contributed by atoms with van der Waals surface area (Å²) < 4.78 is 0. The van der Waals surface area contributed by atoms with Crippen LogP contribution < -0.4 is 16.0 Å². The number of hydrogen-bond donors (Lipinski definition) is 3. The molecular formula is C25H34N4O3. The fourth-order valence-electron chi connectivity index (χ4n) is 3.24. The van der Waals surface area contributed by atoms with E-state index < -0.39 is 0 Å². The molecule has 0 spiro atoms. The monoisotopic (exact) mass is 438 g/mol. The normalized spacial score (nSPS) is 10.3. The minimum atomic E-state index is -0.207. The maximum atomic E-state index is 12.4. The quantitative estimate of drug-likeness (QED) is 0.418. The number of hydrogen-bond acceptors (Lipinski definition) is 4. The Labute approximate surface area is 190 Å². The van der Waals surface area contributed by atoms with Gasteiger partial charge in [-0.25, -0.2) is 0 Å². The lowest BCUT2D eigenvalue weighted by atomic mass is 10.1. The first kappa shape index (κ1) is 24.9. The van der Waals surface area contributed by atoms with Crippen molar-refractivity contribution in [2.45, 2.75) is 46.5 Å². The van der Waals surface area contributed by atoms with Gasteiger partial charge in [0.2, 0.25) is 11.8 Å². The van der Waals surface area contributed by atoms with Gasteiger partial charge in [-0.15, -0.1) is 0 Å². The number of unbranched alkanes of at least 4 members (excludes halogenated alkanes) is 2. The number of benzene rings is 2. The topological polar surface area (TPSA) is 90.5 Å². The van der Waals surface area contributed by atoms with E-state index in [-0.39, 0.29) is 24.3 Å². The summed E-state index contributed by atoms with van der Waals surface area (Å²) in [4.78, 5) is 38.4. The highest BCUT2D eigenvalue weighted by atomic mass is 16.2. The van der Waals surface area contributed by atoms with Crippen LogP contribution in [-0.2, 0) is 9.59 Å². The van der Waals surface area contributed by atoms with Crippen LogP contribution in [0.3, 0.4) is 0 Å². The molecule has 2 rings (SSSR count). The number of nitrogens with zero attached hydrogens (tertiary/aromatic N) is 1. The minimum absolute atomic E-state index is 0.00346. The van der Waals surface area contributed by atoms with Crippen molar-refractivity contribution in [1.29, 1.82) is 0 Å². The summed E-state index contributed by atoms with van der Waals surface area (Å²) in [6.45, 7) is 7.38. The van der Waals surface area contributed by atoms with Crippen LogP contribution in [0.15, 0.2) is 48.5 Å². The van der Waals surface area contributed by atoms with Crippen molar-refractivity contribution < 1.29 is 14.4 Å². The van der Waals surface area contributed by atoms with Gasteiger partial charge < -0.3 is 20.9 Å². The van der Waals surface area contributed by atoms with Crippen molar-refractivity contribution in [3.8, 4) is 0 Å². The Bertz CT molecular complexity index is 892. The van der Waals surface area contributed by atoms with Crippen molar-refractivity contribution in [1.82, 2.24) is 4.90 Å². The molecule has 3 amide bonds. The SMILES string of the molecule is CCCCCC(=O)Nc1cccc(NCC(=O)Nc2ccc(C(=O)N(CC)CC)cc2)c1. The summed E-state index contributed by atoms with van der Waals surface area (Å²) in [6, 6.07) is 14.2. The molecule has 2 aromatic carbocycles. The molecule has 0 aliphatic carbocycles. The first-order valence-corrected chi connectivity index (χ1v) is 11.3. The second-order valence-electron chi connectivity index (χ2n) is 7.54. The molecule has 0 aliphatic heterocycles. The summed E-state index contributed by atoms with van der Waals surface area (Å²) >= 11 is 0. The molecule has 2 aromatic rings. The highest BCUT2D eigenvalue weighted by Gasteiger charge is 2.12.